The molecule has 0 saturated heterocycles. The molecular formula is C12H15NS. The normalized spacial score (nSPS) is 9.07. The van der Waals surface area contributed by atoms with Crippen LogP contribution in [0.5, 0.6) is 0 Å². The first-order valence-corrected chi connectivity index (χ1v) is 5.71. The molecule has 0 radical (unpaired) electrons. The van der Waals surface area contributed by atoms with E-state index in [9.17, 15) is 0 Å². The van der Waals surface area contributed by atoms with Crippen molar-refractivity contribution in [1.29, 1.82) is 0 Å². The van der Waals surface area contributed by atoms with Gasteiger partial charge in [0.25, 0.3) is 0 Å². The van der Waals surface area contributed by atoms with Gasteiger partial charge in [-0.25, -0.2) is 0 Å². The second kappa shape index (κ2) is 5.55. The highest BCUT2D eigenvalue weighted by atomic mass is 32.1. The predicted octanol–water partition coefficient (Wildman–Crippen LogP) is 4.14. The van der Waals surface area contributed by atoms with Crippen molar-refractivity contribution >= 4 is 11.3 Å². The summed E-state index contributed by atoms with van der Waals surface area (Å²) in [6, 6.07) is 8.20. The lowest BCUT2D eigenvalue weighted by atomic mass is 10.2. The summed E-state index contributed by atoms with van der Waals surface area (Å²) in [7, 11) is 0. The quantitative estimate of drug-likeness (QED) is 0.681. The Morgan fingerprint density at radius 2 is 1.93 bits per heavy atom. The summed E-state index contributed by atoms with van der Waals surface area (Å²) in [5.74, 6) is 0. The van der Waals surface area contributed by atoms with E-state index in [0.29, 0.717) is 0 Å². The Balaban J connectivity index is 0.000000461. The fourth-order valence-electron chi connectivity index (χ4n) is 1.16. The molecule has 0 amide bonds. The van der Waals surface area contributed by atoms with Crippen LogP contribution >= 0.6 is 11.3 Å². The van der Waals surface area contributed by atoms with E-state index in [0.717, 1.165) is 5.69 Å². The Hall–Kier alpha value is -1.15. The van der Waals surface area contributed by atoms with Crippen molar-refractivity contribution in [3.05, 3.63) is 41.4 Å². The van der Waals surface area contributed by atoms with Gasteiger partial charge in [0.2, 0.25) is 0 Å². The number of aryl methyl sites for hydroxylation is 1. The van der Waals surface area contributed by atoms with Crippen LogP contribution in [0.1, 0.15) is 19.4 Å². The molecule has 0 saturated carbocycles. The van der Waals surface area contributed by atoms with E-state index in [1.54, 1.807) is 11.3 Å². The van der Waals surface area contributed by atoms with E-state index >= 15 is 0 Å². The van der Waals surface area contributed by atoms with Gasteiger partial charge in [0.15, 0.2) is 0 Å². The summed E-state index contributed by atoms with van der Waals surface area (Å²) < 4.78 is 0. The zero-order valence-electron chi connectivity index (χ0n) is 8.82. The van der Waals surface area contributed by atoms with Crippen LogP contribution in [-0.2, 0) is 0 Å². The lowest BCUT2D eigenvalue weighted by Gasteiger charge is -1.99. The maximum Gasteiger partial charge on any atom is 0.0830 e. The average Bonchev–Trinajstić information content (AvgIpc) is 2.75. The van der Waals surface area contributed by atoms with Gasteiger partial charge in [-0.1, -0.05) is 26.0 Å². The lowest BCUT2D eigenvalue weighted by Crippen LogP contribution is -1.82. The standard InChI is InChI=1S/C10H9NS.C2H6/c1-8-4-2-6-11-10(8)9-5-3-7-12-9;1-2/h2-7H,1H3;1-2H3. The molecule has 2 heterocycles. The summed E-state index contributed by atoms with van der Waals surface area (Å²) in [5, 5.41) is 2.07. The molecule has 2 rings (SSSR count). The van der Waals surface area contributed by atoms with E-state index in [1.165, 1.54) is 10.4 Å². The van der Waals surface area contributed by atoms with E-state index in [-0.39, 0.29) is 0 Å². The Morgan fingerprint density at radius 1 is 1.14 bits per heavy atom. The third-order valence-corrected chi connectivity index (χ3v) is 2.64. The highest BCUT2D eigenvalue weighted by Gasteiger charge is 2.01. The van der Waals surface area contributed by atoms with Crippen molar-refractivity contribution in [1.82, 2.24) is 4.98 Å². The van der Waals surface area contributed by atoms with Crippen molar-refractivity contribution in [2.24, 2.45) is 0 Å². The molecule has 0 fully saturated rings. The second-order valence-electron chi connectivity index (χ2n) is 2.65. The highest BCUT2D eigenvalue weighted by Crippen LogP contribution is 2.24. The number of rotatable bonds is 1. The number of pyridine rings is 1. The first kappa shape index (κ1) is 10.9. The van der Waals surface area contributed by atoms with Gasteiger partial charge in [0, 0.05) is 6.20 Å². The van der Waals surface area contributed by atoms with Gasteiger partial charge >= 0.3 is 0 Å². The summed E-state index contributed by atoms with van der Waals surface area (Å²) in [6.45, 7) is 6.09. The average molecular weight is 205 g/mol. The molecule has 0 aromatic carbocycles. The van der Waals surface area contributed by atoms with Gasteiger partial charge in [-0.3, -0.25) is 4.98 Å². The molecule has 1 nitrogen and oxygen atoms in total. The monoisotopic (exact) mass is 205 g/mol. The van der Waals surface area contributed by atoms with Gasteiger partial charge in [0.1, 0.15) is 0 Å². The zero-order chi connectivity index (χ0) is 10.4. The van der Waals surface area contributed by atoms with E-state index in [4.69, 9.17) is 0 Å². The summed E-state index contributed by atoms with van der Waals surface area (Å²) in [6.07, 6.45) is 1.84. The maximum atomic E-state index is 4.33. The topological polar surface area (TPSA) is 12.9 Å². The van der Waals surface area contributed by atoms with E-state index in [1.807, 2.05) is 32.2 Å². The molecular weight excluding hydrogens is 190 g/mol. The second-order valence-corrected chi connectivity index (χ2v) is 3.59. The molecule has 0 aliphatic rings. The summed E-state index contributed by atoms with van der Waals surface area (Å²) in [4.78, 5) is 5.57. The minimum atomic E-state index is 1.10. The first-order chi connectivity index (χ1) is 6.88. The van der Waals surface area contributed by atoms with Crippen molar-refractivity contribution in [3.63, 3.8) is 0 Å². The van der Waals surface area contributed by atoms with Crippen LogP contribution in [0.3, 0.4) is 0 Å². The SMILES string of the molecule is CC.Cc1cccnc1-c1cccs1. The Bertz CT molecular complexity index is 366. The third-order valence-electron chi connectivity index (χ3n) is 1.76. The fraction of sp³-hybridized carbons (Fsp3) is 0.250. The van der Waals surface area contributed by atoms with Gasteiger partial charge in [0.05, 0.1) is 10.6 Å². The molecule has 14 heavy (non-hydrogen) atoms. The van der Waals surface area contributed by atoms with Gasteiger partial charge < -0.3 is 0 Å². The number of hydrogen-bond acceptors (Lipinski definition) is 2. The van der Waals surface area contributed by atoms with Crippen molar-refractivity contribution < 1.29 is 0 Å². The highest BCUT2D eigenvalue weighted by molar-refractivity contribution is 7.13. The Kier molecular flexibility index (Phi) is 4.33. The molecule has 0 bridgehead atoms. The summed E-state index contributed by atoms with van der Waals surface area (Å²) in [5.41, 5.74) is 2.34. The molecule has 0 aliphatic heterocycles. The van der Waals surface area contributed by atoms with Gasteiger partial charge in [-0.2, -0.15) is 0 Å². The van der Waals surface area contributed by atoms with E-state index in [2.05, 4.69) is 29.4 Å². The maximum absolute atomic E-state index is 4.33. The van der Waals surface area contributed by atoms with Crippen LogP contribution in [0.25, 0.3) is 10.6 Å². The minimum absolute atomic E-state index is 1.10. The van der Waals surface area contributed by atoms with Crippen LogP contribution in [0.15, 0.2) is 35.8 Å². The van der Waals surface area contributed by atoms with Gasteiger partial charge in [-0.05, 0) is 30.0 Å². The molecule has 74 valence electrons. The van der Waals surface area contributed by atoms with Crippen LogP contribution in [0, 0.1) is 6.92 Å². The molecule has 2 aromatic rings. The number of nitrogens with zero attached hydrogens (tertiary/aromatic N) is 1. The van der Waals surface area contributed by atoms with Crippen molar-refractivity contribution in [2.45, 2.75) is 20.8 Å². The predicted molar refractivity (Wildman–Crippen MR) is 63.6 cm³/mol. The molecule has 0 spiro atoms. The molecule has 0 N–H and O–H groups in total. The first-order valence-electron chi connectivity index (χ1n) is 4.83. The molecule has 0 atom stereocenters. The summed E-state index contributed by atoms with van der Waals surface area (Å²) >= 11 is 1.73. The third kappa shape index (κ3) is 2.42. The Labute approximate surface area is 89.4 Å². The van der Waals surface area contributed by atoms with Crippen LogP contribution < -0.4 is 0 Å². The molecule has 2 heteroatoms. The number of hydrogen-bond donors (Lipinski definition) is 0. The van der Waals surface area contributed by atoms with Crippen LogP contribution in [-0.4, -0.2) is 4.98 Å². The number of aromatic nitrogens is 1. The van der Waals surface area contributed by atoms with Crippen molar-refractivity contribution in [2.75, 3.05) is 0 Å². The van der Waals surface area contributed by atoms with Crippen LogP contribution in [0.2, 0.25) is 0 Å². The number of thiophene rings is 1. The van der Waals surface area contributed by atoms with Gasteiger partial charge in [-0.15, -0.1) is 11.3 Å². The van der Waals surface area contributed by atoms with Crippen molar-refractivity contribution in [3.8, 4) is 10.6 Å². The smallest absolute Gasteiger partial charge is 0.0830 e. The lowest BCUT2D eigenvalue weighted by molar-refractivity contribution is 1.28. The van der Waals surface area contributed by atoms with E-state index < -0.39 is 0 Å². The molecule has 0 aliphatic carbocycles. The Morgan fingerprint density at radius 3 is 2.50 bits per heavy atom. The molecule has 2 aromatic heterocycles. The van der Waals surface area contributed by atoms with Crippen LogP contribution in [0.4, 0.5) is 0 Å². The fourth-order valence-corrected chi connectivity index (χ4v) is 1.94. The minimum Gasteiger partial charge on any atom is -0.255 e. The largest absolute Gasteiger partial charge is 0.255 e. The molecule has 0 unspecified atom stereocenters. The zero-order valence-corrected chi connectivity index (χ0v) is 9.64.